The monoisotopic (exact) mass is 193 g/mol. The van der Waals surface area contributed by atoms with Gasteiger partial charge in [-0.25, -0.2) is 4.68 Å². The third-order valence-corrected chi connectivity index (χ3v) is 3.20. The molecule has 0 bridgehead atoms. The van der Waals surface area contributed by atoms with Gasteiger partial charge in [0.2, 0.25) is 0 Å². The van der Waals surface area contributed by atoms with Crippen LogP contribution in [0.5, 0.6) is 0 Å². The van der Waals surface area contributed by atoms with E-state index in [-0.39, 0.29) is 11.2 Å². The highest BCUT2D eigenvalue weighted by Crippen LogP contribution is 2.39. The number of carbonyl (C=O) groups is 1. The molecule has 1 aliphatic rings. The highest BCUT2D eigenvalue weighted by atomic mass is 16.1. The van der Waals surface area contributed by atoms with E-state index in [9.17, 15) is 4.79 Å². The molecule has 1 aromatic rings. The first kappa shape index (κ1) is 9.37. The van der Waals surface area contributed by atoms with Gasteiger partial charge in [0.25, 0.3) is 0 Å². The summed E-state index contributed by atoms with van der Waals surface area (Å²) < 4.78 is 1.56. The van der Waals surface area contributed by atoms with Crippen LogP contribution in [-0.4, -0.2) is 20.8 Å². The molecular weight excluding hydrogens is 178 g/mol. The van der Waals surface area contributed by atoms with Crippen molar-refractivity contribution in [2.75, 3.05) is 0 Å². The molecule has 1 saturated carbocycles. The van der Waals surface area contributed by atoms with Gasteiger partial charge in [-0.3, -0.25) is 4.79 Å². The number of hydrogen-bond acceptors (Lipinski definition) is 3. The first-order chi connectivity index (χ1) is 6.63. The first-order valence-electron chi connectivity index (χ1n) is 5.03. The lowest BCUT2D eigenvalue weighted by molar-refractivity contribution is 0.0813. The van der Waals surface area contributed by atoms with Gasteiger partial charge in [-0.2, -0.15) is 0 Å². The third kappa shape index (κ3) is 1.35. The van der Waals surface area contributed by atoms with E-state index < -0.39 is 0 Å². The molecule has 14 heavy (non-hydrogen) atoms. The van der Waals surface area contributed by atoms with Crippen LogP contribution in [0.25, 0.3) is 0 Å². The molecule has 4 nitrogen and oxygen atoms in total. The number of rotatable bonds is 2. The summed E-state index contributed by atoms with van der Waals surface area (Å²) in [6.07, 6.45) is 5.88. The molecule has 1 heterocycles. The van der Waals surface area contributed by atoms with E-state index in [4.69, 9.17) is 0 Å². The van der Waals surface area contributed by atoms with Crippen LogP contribution < -0.4 is 0 Å². The molecule has 0 aromatic carbocycles. The molecule has 1 aliphatic carbocycles. The predicted molar refractivity (Wildman–Crippen MR) is 51.9 cm³/mol. The van der Waals surface area contributed by atoms with E-state index >= 15 is 0 Å². The number of aromatic nitrogens is 3. The normalized spacial score (nSPS) is 19.9. The Bertz CT molecular complexity index is 350. The van der Waals surface area contributed by atoms with E-state index in [1.807, 2.05) is 0 Å². The summed E-state index contributed by atoms with van der Waals surface area (Å²) in [4.78, 5) is 12.1. The smallest absolute Gasteiger partial charge is 0.188 e. The van der Waals surface area contributed by atoms with Gasteiger partial charge >= 0.3 is 0 Å². The van der Waals surface area contributed by atoms with Crippen molar-refractivity contribution in [2.45, 2.75) is 32.6 Å². The molecule has 76 valence electrons. The van der Waals surface area contributed by atoms with Gasteiger partial charge in [0.05, 0.1) is 6.20 Å². The van der Waals surface area contributed by atoms with Gasteiger partial charge in [-0.05, 0) is 12.8 Å². The zero-order valence-electron chi connectivity index (χ0n) is 8.66. The van der Waals surface area contributed by atoms with Crippen molar-refractivity contribution < 1.29 is 4.79 Å². The molecule has 2 rings (SSSR count). The number of hydrogen-bond donors (Lipinski definition) is 0. The number of Topliss-reactive ketones (excluding diaryl/α,β-unsaturated/α-hetero) is 1. The van der Waals surface area contributed by atoms with Crippen LogP contribution in [0.2, 0.25) is 0 Å². The summed E-state index contributed by atoms with van der Waals surface area (Å²) in [5.74, 6) is 0.197. The molecule has 0 amide bonds. The Morgan fingerprint density at radius 1 is 1.50 bits per heavy atom. The molecule has 0 spiro atoms. The Kier molecular flexibility index (Phi) is 2.13. The molecule has 1 fully saturated rings. The summed E-state index contributed by atoms with van der Waals surface area (Å²) in [5, 5.41) is 7.52. The summed E-state index contributed by atoms with van der Waals surface area (Å²) >= 11 is 0. The van der Waals surface area contributed by atoms with Gasteiger partial charge in [-0.15, -0.1) is 5.10 Å². The van der Waals surface area contributed by atoms with Gasteiger partial charge in [-0.1, -0.05) is 25.0 Å². The van der Waals surface area contributed by atoms with E-state index in [1.165, 1.54) is 0 Å². The van der Waals surface area contributed by atoms with Crippen molar-refractivity contribution in [3.05, 3.63) is 11.9 Å². The minimum atomic E-state index is -0.171. The van der Waals surface area contributed by atoms with Gasteiger partial charge in [0, 0.05) is 12.5 Å². The van der Waals surface area contributed by atoms with Crippen molar-refractivity contribution in [1.82, 2.24) is 15.0 Å². The maximum Gasteiger partial charge on any atom is 0.188 e. The first-order valence-corrected chi connectivity index (χ1v) is 5.03. The fourth-order valence-corrected chi connectivity index (χ4v) is 2.19. The number of nitrogens with zero attached hydrogens (tertiary/aromatic N) is 3. The molecule has 0 aliphatic heterocycles. The molecule has 0 radical (unpaired) electrons. The van der Waals surface area contributed by atoms with Crippen LogP contribution in [0.1, 0.15) is 43.1 Å². The Labute approximate surface area is 83.3 Å². The topological polar surface area (TPSA) is 47.8 Å². The van der Waals surface area contributed by atoms with Gasteiger partial charge in [0.15, 0.2) is 5.78 Å². The van der Waals surface area contributed by atoms with Crippen molar-refractivity contribution in [2.24, 2.45) is 12.5 Å². The summed E-state index contributed by atoms with van der Waals surface area (Å²) in [5.41, 5.74) is 0.463. The summed E-state index contributed by atoms with van der Waals surface area (Å²) in [6.45, 7) is 2.05. The molecular formula is C10H15N3O. The second-order valence-corrected chi connectivity index (χ2v) is 4.34. The standard InChI is InChI=1S/C10H15N3O/c1-10(5-3-4-6-10)9(14)8-7-11-12-13(8)2/h7H,3-6H2,1-2H3. The van der Waals surface area contributed by atoms with Crippen molar-refractivity contribution in [3.63, 3.8) is 0 Å². The second-order valence-electron chi connectivity index (χ2n) is 4.34. The fraction of sp³-hybridized carbons (Fsp3) is 0.700. The third-order valence-electron chi connectivity index (χ3n) is 3.20. The Balaban J connectivity index is 2.28. The average molecular weight is 193 g/mol. The minimum absolute atomic E-state index is 0.171. The highest BCUT2D eigenvalue weighted by molar-refractivity contribution is 5.98. The van der Waals surface area contributed by atoms with E-state index in [0.29, 0.717) is 5.69 Å². The second kappa shape index (κ2) is 3.19. The predicted octanol–water partition coefficient (Wildman–Crippen LogP) is 1.58. The Morgan fingerprint density at radius 3 is 2.64 bits per heavy atom. The maximum absolute atomic E-state index is 12.1. The van der Waals surface area contributed by atoms with E-state index in [1.54, 1.807) is 17.9 Å². The zero-order chi connectivity index (χ0) is 10.2. The Hall–Kier alpha value is -1.19. The zero-order valence-corrected chi connectivity index (χ0v) is 8.66. The summed E-state index contributed by atoms with van der Waals surface area (Å²) in [6, 6.07) is 0. The van der Waals surface area contributed by atoms with E-state index in [0.717, 1.165) is 25.7 Å². The average Bonchev–Trinajstić information content (AvgIpc) is 2.74. The van der Waals surface area contributed by atoms with Gasteiger partial charge < -0.3 is 0 Å². The lowest BCUT2D eigenvalue weighted by Gasteiger charge is -2.20. The molecule has 0 N–H and O–H groups in total. The van der Waals surface area contributed by atoms with Crippen LogP contribution in [0.4, 0.5) is 0 Å². The van der Waals surface area contributed by atoms with Crippen molar-refractivity contribution in [3.8, 4) is 0 Å². The molecule has 0 saturated heterocycles. The van der Waals surface area contributed by atoms with Crippen LogP contribution in [0, 0.1) is 5.41 Å². The molecule has 0 unspecified atom stereocenters. The van der Waals surface area contributed by atoms with Crippen molar-refractivity contribution in [1.29, 1.82) is 0 Å². The van der Waals surface area contributed by atoms with Crippen LogP contribution in [0.15, 0.2) is 6.20 Å². The van der Waals surface area contributed by atoms with Crippen LogP contribution >= 0.6 is 0 Å². The SMILES string of the molecule is Cn1nncc1C(=O)C1(C)CCCC1. The summed E-state index contributed by atoms with van der Waals surface area (Å²) in [7, 11) is 1.76. The molecule has 4 heteroatoms. The minimum Gasteiger partial charge on any atom is -0.292 e. The number of aryl methyl sites for hydroxylation is 1. The van der Waals surface area contributed by atoms with E-state index in [2.05, 4.69) is 17.2 Å². The lowest BCUT2D eigenvalue weighted by atomic mass is 9.83. The van der Waals surface area contributed by atoms with Crippen LogP contribution in [0.3, 0.4) is 0 Å². The number of ketones is 1. The highest BCUT2D eigenvalue weighted by Gasteiger charge is 2.38. The van der Waals surface area contributed by atoms with Gasteiger partial charge in [0.1, 0.15) is 5.69 Å². The fourth-order valence-electron chi connectivity index (χ4n) is 2.19. The Morgan fingerprint density at radius 2 is 2.14 bits per heavy atom. The maximum atomic E-state index is 12.1. The van der Waals surface area contributed by atoms with Crippen molar-refractivity contribution >= 4 is 5.78 Å². The lowest BCUT2D eigenvalue weighted by Crippen LogP contribution is -2.26. The molecule has 1 aromatic heterocycles. The largest absolute Gasteiger partial charge is 0.292 e. The van der Waals surface area contributed by atoms with Crippen LogP contribution in [-0.2, 0) is 7.05 Å². The quantitative estimate of drug-likeness (QED) is 0.670. The number of carbonyl (C=O) groups excluding carboxylic acids is 1. The molecule has 0 atom stereocenters.